The van der Waals surface area contributed by atoms with Gasteiger partial charge < -0.3 is 10.6 Å². The lowest BCUT2D eigenvalue weighted by molar-refractivity contribution is -0.125. The summed E-state index contributed by atoms with van der Waals surface area (Å²) in [6, 6.07) is 15.5. The second kappa shape index (κ2) is 10.7. The number of benzene rings is 2. The minimum atomic E-state index is -3.76. The van der Waals surface area contributed by atoms with Crippen molar-refractivity contribution in [2.24, 2.45) is 0 Å². The van der Waals surface area contributed by atoms with Gasteiger partial charge in [-0.05, 0) is 73.8 Å². The van der Waals surface area contributed by atoms with Gasteiger partial charge in [0.1, 0.15) is 6.04 Å². The predicted molar refractivity (Wildman–Crippen MR) is 140 cm³/mol. The molecular weight excluding hydrogens is 474 g/mol. The lowest BCUT2D eigenvalue weighted by Gasteiger charge is -2.31. The van der Waals surface area contributed by atoms with Crippen LogP contribution in [0.25, 0.3) is 0 Å². The van der Waals surface area contributed by atoms with Gasteiger partial charge in [0.25, 0.3) is 5.91 Å². The van der Waals surface area contributed by atoms with E-state index in [9.17, 15) is 18.0 Å². The molecule has 2 fully saturated rings. The van der Waals surface area contributed by atoms with Gasteiger partial charge in [-0.15, -0.1) is 0 Å². The fraction of sp³-hybridized carbons (Fsp3) is 0.500. The van der Waals surface area contributed by atoms with Gasteiger partial charge in [-0.25, -0.2) is 8.42 Å². The minimum absolute atomic E-state index is 0.0152. The van der Waals surface area contributed by atoms with Crippen molar-refractivity contribution in [3.8, 4) is 0 Å². The largest absolute Gasteiger partial charge is 0.352 e. The van der Waals surface area contributed by atoms with E-state index in [4.69, 9.17) is 0 Å². The predicted octanol–water partition coefficient (Wildman–Crippen LogP) is 3.99. The standard InChI is InChI=1S/C28H37N3O4S/c1-28(2,3)21-11-17-24(18-12-21)36(34,35)31-19-7-10-25(31)27(33)30-23-15-13-22(14-16-23)29-26(32)20-8-5-4-6-9-20/h4-6,8-9,11-12,17-18,22-23,25H,7,10,13-16,19H2,1-3H3,(H,29,32)(H,30,33)/t22?,23?,25-/m1/s1. The van der Waals surface area contributed by atoms with Crippen molar-refractivity contribution in [1.82, 2.24) is 14.9 Å². The van der Waals surface area contributed by atoms with Crippen molar-refractivity contribution in [1.29, 1.82) is 0 Å². The summed E-state index contributed by atoms with van der Waals surface area (Å²) < 4.78 is 28.1. The normalized spacial score (nSPS) is 23.2. The van der Waals surface area contributed by atoms with E-state index in [2.05, 4.69) is 31.4 Å². The second-order valence-electron chi connectivity index (χ2n) is 10.9. The molecular formula is C28H37N3O4S. The van der Waals surface area contributed by atoms with Gasteiger partial charge in [-0.2, -0.15) is 4.31 Å². The van der Waals surface area contributed by atoms with E-state index in [1.165, 1.54) is 4.31 Å². The highest BCUT2D eigenvalue weighted by Gasteiger charge is 2.40. The van der Waals surface area contributed by atoms with E-state index in [1.54, 1.807) is 24.3 Å². The van der Waals surface area contributed by atoms with E-state index >= 15 is 0 Å². The molecule has 2 aromatic carbocycles. The molecule has 1 atom stereocenters. The summed E-state index contributed by atoms with van der Waals surface area (Å²) in [5.41, 5.74) is 1.64. The first-order chi connectivity index (χ1) is 17.1. The van der Waals surface area contributed by atoms with Gasteiger partial charge in [0.2, 0.25) is 15.9 Å². The number of amides is 2. The molecule has 4 rings (SSSR count). The first-order valence-corrected chi connectivity index (χ1v) is 14.3. The van der Waals surface area contributed by atoms with E-state index in [-0.39, 0.29) is 34.2 Å². The van der Waals surface area contributed by atoms with Crippen LogP contribution in [0.15, 0.2) is 59.5 Å². The quantitative estimate of drug-likeness (QED) is 0.613. The van der Waals surface area contributed by atoms with Crippen molar-refractivity contribution in [3.63, 3.8) is 0 Å². The van der Waals surface area contributed by atoms with Crippen molar-refractivity contribution in [2.75, 3.05) is 6.54 Å². The van der Waals surface area contributed by atoms with Crippen LogP contribution in [-0.2, 0) is 20.2 Å². The molecule has 7 nitrogen and oxygen atoms in total. The fourth-order valence-electron chi connectivity index (χ4n) is 5.09. The summed E-state index contributed by atoms with van der Waals surface area (Å²) in [6.07, 6.45) is 4.23. The Kier molecular flexibility index (Phi) is 7.85. The van der Waals surface area contributed by atoms with E-state index in [0.717, 1.165) is 31.2 Å². The molecule has 1 saturated heterocycles. The molecule has 1 aliphatic heterocycles. The Morgan fingerprint density at radius 2 is 1.42 bits per heavy atom. The van der Waals surface area contributed by atoms with Gasteiger partial charge in [0.15, 0.2) is 0 Å². The van der Waals surface area contributed by atoms with Crippen LogP contribution in [0.2, 0.25) is 0 Å². The topological polar surface area (TPSA) is 95.6 Å². The third kappa shape index (κ3) is 5.98. The Balaban J connectivity index is 1.33. The van der Waals surface area contributed by atoms with Gasteiger partial charge >= 0.3 is 0 Å². The van der Waals surface area contributed by atoms with Gasteiger partial charge in [-0.1, -0.05) is 51.1 Å². The molecule has 0 radical (unpaired) electrons. The third-order valence-corrected chi connectivity index (χ3v) is 9.20. The van der Waals surface area contributed by atoms with Gasteiger partial charge in [-0.3, -0.25) is 9.59 Å². The van der Waals surface area contributed by atoms with Crippen LogP contribution in [-0.4, -0.2) is 49.2 Å². The number of carbonyl (C=O) groups excluding carboxylic acids is 2. The van der Waals surface area contributed by atoms with Crippen LogP contribution in [0.4, 0.5) is 0 Å². The Bertz CT molecular complexity index is 1170. The summed E-state index contributed by atoms with van der Waals surface area (Å²) in [6.45, 7) is 6.60. The number of sulfonamides is 1. The number of hydrogen-bond donors (Lipinski definition) is 2. The molecule has 2 N–H and O–H groups in total. The van der Waals surface area contributed by atoms with Crippen molar-refractivity contribution in [2.45, 2.75) is 87.7 Å². The number of hydrogen-bond acceptors (Lipinski definition) is 4. The Hall–Kier alpha value is -2.71. The summed E-state index contributed by atoms with van der Waals surface area (Å²) in [5, 5.41) is 6.17. The molecule has 0 unspecified atom stereocenters. The maximum Gasteiger partial charge on any atom is 0.251 e. The first-order valence-electron chi connectivity index (χ1n) is 12.8. The first kappa shape index (κ1) is 26.4. The van der Waals surface area contributed by atoms with Gasteiger partial charge in [0, 0.05) is 24.2 Å². The van der Waals surface area contributed by atoms with Crippen molar-refractivity contribution in [3.05, 3.63) is 65.7 Å². The molecule has 8 heteroatoms. The monoisotopic (exact) mass is 511 g/mol. The average molecular weight is 512 g/mol. The number of nitrogens with one attached hydrogen (secondary N) is 2. The highest BCUT2D eigenvalue weighted by atomic mass is 32.2. The Morgan fingerprint density at radius 3 is 2.00 bits per heavy atom. The van der Waals surface area contributed by atoms with E-state index in [0.29, 0.717) is 24.9 Å². The maximum absolute atomic E-state index is 13.4. The number of carbonyl (C=O) groups is 2. The van der Waals surface area contributed by atoms with Crippen LogP contribution in [0, 0.1) is 0 Å². The molecule has 2 amide bonds. The molecule has 0 aromatic heterocycles. The summed E-state index contributed by atoms with van der Waals surface area (Å²) in [5.74, 6) is -0.301. The zero-order chi connectivity index (χ0) is 25.9. The molecule has 2 aromatic rings. The van der Waals surface area contributed by atoms with Crippen molar-refractivity contribution >= 4 is 21.8 Å². The molecule has 36 heavy (non-hydrogen) atoms. The molecule has 0 bridgehead atoms. The average Bonchev–Trinajstić information content (AvgIpc) is 3.37. The lowest BCUT2D eigenvalue weighted by Crippen LogP contribution is -2.50. The zero-order valence-corrected chi connectivity index (χ0v) is 22.2. The van der Waals surface area contributed by atoms with Crippen LogP contribution in [0.3, 0.4) is 0 Å². The van der Waals surface area contributed by atoms with Crippen LogP contribution < -0.4 is 10.6 Å². The number of nitrogens with zero attached hydrogens (tertiary/aromatic N) is 1. The van der Waals surface area contributed by atoms with Gasteiger partial charge in [0.05, 0.1) is 4.90 Å². The highest BCUT2D eigenvalue weighted by molar-refractivity contribution is 7.89. The third-order valence-electron chi connectivity index (χ3n) is 7.28. The molecule has 194 valence electrons. The molecule has 1 heterocycles. The molecule has 2 aliphatic rings. The zero-order valence-electron chi connectivity index (χ0n) is 21.4. The second-order valence-corrected chi connectivity index (χ2v) is 12.8. The van der Waals surface area contributed by atoms with Crippen LogP contribution in [0.1, 0.15) is 75.2 Å². The molecule has 1 aliphatic carbocycles. The smallest absolute Gasteiger partial charge is 0.251 e. The van der Waals surface area contributed by atoms with Crippen LogP contribution >= 0.6 is 0 Å². The van der Waals surface area contributed by atoms with Crippen LogP contribution in [0.5, 0.6) is 0 Å². The summed E-state index contributed by atoms with van der Waals surface area (Å²) >= 11 is 0. The summed E-state index contributed by atoms with van der Waals surface area (Å²) in [4.78, 5) is 25.8. The molecule has 0 spiro atoms. The van der Waals surface area contributed by atoms with Crippen molar-refractivity contribution < 1.29 is 18.0 Å². The Morgan fingerprint density at radius 1 is 0.833 bits per heavy atom. The lowest BCUT2D eigenvalue weighted by atomic mass is 9.87. The minimum Gasteiger partial charge on any atom is -0.352 e. The van der Waals surface area contributed by atoms with E-state index < -0.39 is 16.1 Å². The fourth-order valence-corrected chi connectivity index (χ4v) is 6.75. The Labute approximate surface area is 214 Å². The molecule has 1 saturated carbocycles. The highest BCUT2D eigenvalue weighted by Crippen LogP contribution is 2.29. The SMILES string of the molecule is CC(C)(C)c1ccc(S(=O)(=O)N2CCC[C@@H]2C(=O)NC2CCC(NC(=O)c3ccccc3)CC2)cc1. The summed E-state index contributed by atoms with van der Waals surface area (Å²) in [7, 11) is -3.76. The maximum atomic E-state index is 13.4. The van der Waals surface area contributed by atoms with E-state index in [1.807, 2.05) is 30.3 Å². The number of rotatable bonds is 6.